The van der Waals surface area contributed by atoms with E-state index in [1.54, 1.807) is 23.5 Å². The predicted octanol–water partition coefficient (Wildman–Crippen LogP) is 8.55. The lowest BCUT2D eigenvalue weighted by atomic mass is 9.96. The normalized spacial score (nSPS) is 10.5. The molecule has 0 radical (unpaired) electrons. The van der Waals surface area contributed by atoms with Gasteiger partial charge in [0.15, 0.2) is 0 Å². The quantitative estimate of drug-likeness (QED) is 0.224. The second-order valence-corrected chi connectivity index (χ2v) is 10.0. The van der Waals surface area contributed by atoms with Gasteiger partial charge in [-0.2, -0.15) is 0 Å². The number of aryl methyl sites for hydroxylation is 2. The van der Waals surface area contributed by atoms with Crippen molar-refractivity contribution in [2.24, 2.45) is 0 Å². The summed E-state index contributed by atoms with van der Waals surface area (Å²) in [5.41, 5.74) is 23.8. The lowest BCUT2D eigenvalue weighted by Crippen LogP contribution is -1.95. The molecule has 0 bridgehead atoms. The number of anilines is 2. The first-order valence-corrected chi connectivity index (χ1v) is 13.7. The predicted molar refractivity (Wildman–Crippen MR) is 155 cm³/mol. The fourth-order valence-corrected chi connectivity index (χ4v) is 5.46. The maximum Gasteiger partial charge on any atom is 0.0350 e. The van der Waals surface area contributed by atoms with Crippen molar-refractivity contribution in [1.29, 1.82) is 0 Å². The van der Waals surface area contributed by atoms with Crippen LogP contribution in [0.4, 0.5) is 11.4 Å². The summed E-state index contributed by atoms with van der Waals surface area (Å²) in [5, 5.41) is 0. The fraction of sp³-hybridized carbons (Fsp3) is 0.200. The Hall–Kier alpha value is -2.82. The largest absolute Gasteiger partial charge is 0.398 e. The van der Waals surface area contributed by atoms with Crippen LogP contribution in [0.1, 0.15) is 22.3 Å². The van der Waals surface area contributed by atoms with Gasteiger partial charge < -0.3 is 11.5 Å². The molecule has 0 spiro atoms. The molecule has 0 saturated carbocycles. The van der Waals surface area contributed by atoms with Crippen molar-refractivity contribution in [3.63, 3.8) is 0 Å². The van der Waals surface area contributed by atoms with E-state index >= 15 is 0 Å². The van der Waals surface area contributed by atoms with Gasteiger partial charge in [0.2, 0.25) is 0 Å². The van der Waals surface area contributed by atoms with Crippen LogP contribution in [0.25, 0.3) is 22.3 Å². The monoisotopic (exact) mass is 486 g/mol. The first-order valence-electron chi connectivity index (χ1n) is 11.3. The van der Waals surface area contributed by atoms with Crippen molar-refractivity contribution in [3.8, 4) is 22.3 Å². The zero-order chi connectivity index (χ0) is 24.8. The van der Waals surface area contributed by atoms with Crippen molar-refractivity contribution < 1.29 is 0 Å². The molecule has 4 N–H and O–H groups in total. The first-order chi connectivity index (χ1) is 16.3. The SMILES string of the molecule is CSc1ccc(N)c(C)c1-c1ccccc1C.CSc1ccc(N)c(C)c1-c1ccccc1C. The molecule has 4 heteroatoms. The Balaban J connectivity index is 0.000000191. The third-order valence-electron chi connectivity index (χ3n) is 6.21. The zero-order valence-electron chi connectivity index (χ0n) is 20.9. The lowest BCUT2D eigenvalue weighted by molar-refractivity contribution is 1.33. The van der Waals surface area contributed by atoms with E-state index in [1.165, 1.54) is 54.3 Å². The molecule has 0 heterocycles. The Morgan fingerprint density at radius 2 is 0.853 bits per heavy atom. The number of nitrogens with two attached hydrogens (primary N) is 2. The first kappa shape index (κ1) is 25.8. The molecule has 4 aromatic carbocycles. The highest BCUT2D eigenvalue weighted by Crippen LogP contribution is 2.38. The van der Waals surface area contributed by atoms with Gasteiger partial charge in [0.25, 0.3) is 0 Å². The van der Waals surface area contributed by atoms with Crippen LogP contribution in [0.5, 0.6) is 0 Å². The number of hydrogen-bond acceptors (Lipinski definition) is 4. The fourth-order valence-electron chi connectivity index (χ4n) is 4.12. The Labute approximate surface area is 213 Å². The van der Waals surface area contributed by atoms with Crippen LogP contribution in [-0.4, -0.2) is 12.5 Å². The van der Waals surface area contributed by atoms with E-state index in [0.29, 0.717) is 0 Å². The highest BCUT2D eigenvalue weighted by molar-refractivity contribution is 7.99. The Bertz CT molecular complexity index is 1190. The highest BCUT2D eigenvalue weighted by Gasteiger charge is 2.13. The number of rotatable bonds is 4. The van der Waals surface area contributed by atoms with Gasteiger partial charge >= 0.3 is 0 Å². The van der Waals surface area contributed by atoms with Crippen LogP contribution in [0, 0.1) is 27.7 Å². The standard InChI is InChI=1S/2C15H17NS/c2*1-10-6-4-5-7-12(10)15-11(2)13(16)8-9-14(15)17-3/h2*4-9H,16H2,1-3H3. The van der Waals surface area contributed by atoms with Crippen molar-refractivity contribution in [3.05, 3.63) is 95.1 Å². The summed E-state index contributed by atoms with van der Waals surface area (Å²) >= 11 is 3.53. The van der Waals surface area contributed by atoms with E-state index in [-0.39, 0.29) is 0 Å². The summed E-state index contributed by atoms with van der Waals surface area (Å²) in [6, 6.07) is 25.1. The van der Waals surface area contributed by atoms with Gasteiger partial charge in [0, 0.05) is 32.3 Å². The van der Waals surface area contributed by atoms with E-state index in [4.69, 9.17) is 11.5 Å². The van der Waals surface area contributed by atoms with Gasteiger partial charge in [0.1, 0.15) is 0 Å². The second-order valence-electron chi connectivity index (χ2n) is 8.34. The minimum atomic E-state index is 0.862. The molecule has 0 atom stereocenters. The smallest absolute Gasteiger partial charge is 0.0350 e. The van der Waals surface area contributed by atoms with Crippen LogP contribution in [0.15, 0.2) is 82.6 Å². The summed E-state index contributed by atoms with van der Waals surface area (Å²) in [6.07, 6.45) is 4.21. The Kier molecular flexibility index (Phi) is 8.76. The van der Waals surface area contributed by atoms with E-state index < -0.39 is 0 Å². The molecule has 0 amide bonds. The molecule has 0 saturated heterocycles. The van der Waals surface area contributed by atoms with Crippen LogP contribution < -0.4 is 11.5 Å². The molecule has 0 fully saturated rings. The molecule has 2 nitrogen and oxygen atoms in total. The van der Waals surface area contributed by atoms with Gasteiger partial charge in [-0.05, 0) is 97.9 Å². The summed E-state index contributed by atoms with van der Waals surface area (Å²) in [4.78, 5) is 2.57. The molecule has 0 unspecified atom stereocenters. The van der Waals surface area contributed by atoms with Crippen LogP contribution >= 0.6 is 23.5 Å². The minimum absolute atomic E-state index is 0.862. The van der Waals surface area contributed by atoms with Gasteiger partial charge in [-0.25, -0.2) is 0 Å². The Morgan fingerprint density at radius 1 is 0.500 bits per heavy atom. The van der Waals surface area contributed by atoms with E-state index in [2.05, 4.69) is 101 Å². The molecule has 0 aliphatic heterocycles. The number of thioether (sulfide) groups is 2. The average molecular weight is 487 g/mol. The number of nitrogen functional groups attached to an aromatic ring is 2. The molecular formula is C30H34N2S2. The summed E-state index contributed by atoms with van der Waals surface area (Å²) in [6.45, 7) is 8.47. The van der Waals surface area contributed by atoms with Gasteiger partial charge in [-0.15, -0.1) is 23.5 Å². The molecule has 0 aliphatic rings. The molecule has 176 valence electrons. The zero-order valence-corrected chi connectivity index (χ0v) is 22.5. The maximum absolute atomic E-state index is 6.02. The van der Waals surface area contributed by atoms with Crippen molar-refractivity contribution >= 4 is 34.9 Å². The topological polar surface area (TPSA) is 52.0 Å². The maximum atomic E-state index is 6.02. The number of benzene rings is 4. The van der Waals surface area contributed by atoms with Crippen molar-refractivity contribution in [2.75, 3.05) is 24.0 Å². The number of hydrogen-bond donors (Lipinski definition) is 2. The van der Waals surface area contributed by atoms with Gasteiger partial charge in [-0.1, -0.05) is 48.5 Å². The van der Waals surface area contributed by atoms with E-state index in [1.807, 2.05) is 12.1 Å². The van der Waals surface area contributed by atoms with Crippen molar-refractivity contribution in [2.45, 2.75) is 37.5 Å². The molecule has 4 aromatic rings. The molecule has 34 heavy (non-hydrogen) atoms. The molecule has 4 rings (SSSR count). The van der Waals surface area contributed by atoms with Gasteiger partial charge in [0.05, 0.1) is 0 Å². The summed E-state index contributed by atoms with van der Waals surface area (Å²) in [7, 11) is 0. The molecule has 0 aliphatic carbocycles. The van der Waals surface area contributed by atoms with Crippen LogP contribution in [0.3, 0.4) is 0 Å². The van der Waals surface area contributed by atoms with E-state index in [9.17, 15) is 0 Å². The van der Waals surface area contributed by atoms with Crippen LogP contribution in [-0.2, 0) is 0 Å². The van der Waals surface area contributed by atoms with Gasteiger partial charge in [-0.3, -0.25) is 0 Å². The minimum Gasteiger partial charge on any atom is -0.398 e. The third-order valence-corrected chi connectivity index (χ3v) is 7.77. The molecule has 0 aromatic heterocycles. The average Bonchev–Trinajstić information content (AvgIpc) is 2.84. The van der Waals surface area contributed by atoms with Crippen LogP contribution in [0.2, 0.25) is 0 Å². The molecular weight excluding hydrogens is 452 g/mol. The van der Waals surface area contributed by atoms with E-state index in [0.717, 1.165) is 11.4 Å². The highest BCUT2D eigenvalue weighted by atomic mass is 32.2. The summed E-state index contributed by atoms with van der Waals surface area (Å²) in [5.74, 6) is 0. The van der Waals surface area contributed by atoms with Crippen molar-refractivity contribution in [1.82, 2.24) is 0 Å². The summed E-state index contributed by atoms with van der Waals surface area (Å²) < 4.78 is 0. The second kappa shape index (κ2) is 11.5. The Morgan fingerprint density at radius 3 is 1.18 bits per heavy atom. The third kappa shape index (κ3) is 5.45. The lowest BCUT2D eigenvalue weighted by Gasteiger charge is -2.15.